The van der Waals surface area contributed by atoms with Crippen molar-refractivity contribution in [3.05, 3.63) is 24.3 Å². The second kappa shape index (κ2) is 9.03. The van der Waals surface area contributed by atoms with Gasteiger partial charge < -0.3 is 19.5 Å². The fourth-order valence-corrected chi connectivity index (χ4v) is 3.11. The van der Waals surface area contributed by atoms with E-state index in [-0.39, 0.29) is 12.0 Å². The molecule has 0 radical (unpaired) electrons. The van der Waals surface area contributed by atoms with Crippen molar-refractivity contribution in [2.45, 2.75) is 31.5 Å². The van der Waals surface area contributed by atoms with Gasteiger partial charge in [-0.1, -0.05) is 12.1 Å². The number of methoxy groups -OCH3 is 1. The molecule has 1 aliphatic heterocycles. The molecule has 1 heterocycles. The van der Waals surface area contributed by atoms with Crippen LogP contribution in [0, 0.1) is 0 Å². The molecule has 1 aromatic rings. The van der Waals surface area contributed by atoms with E-state index < -0.39 is 6.10 Å². The van der Waals surface area contributed by atoms with Crippen LogP contribution in [0.15, 0.2) is 24.3 Å². The molecule has 1 aromatic carbocycles. The molecule has 23 heavy (non-hydrogen) atoms. The van der Waals surface area contributed by atoms with Gasteiger partial charge in [0.2, 0.25) is 0 Å². The Morgan fingerprint density at radius 3 is 2.61 bits per heavy atom. The SMILES string of the molecule is COc1ccccc1OC1CCN(C(=O)C(O)CCSC)CC1. The third kappa shape index (κ3) is 5.04. The summed E-state index contributed by atoms with van der Waals surface area (Å²) in [5.74, 6) is 2.09. The van der Waals surface area contributed by atoms with Gasteiger partial charge in [0.15, 0.2) is 11.5 Å². The van der Waals surface area contributed by atoms with Crippen molar-refractivity contribution in [1.29, 1.82) is 0 Å². The number of para-hydroxylation sites is 2. The average molecular weight is 339 g/mol. The number of carbonyl (C=O) groups excluding carboxylic acids is 1. The van der Waals surface area contributed by atoms with Crippen molar-refractivity contribution in [2.24, 2.45) is 0 Å². The highest BCUT2D eigenvalue weighted by Gasteiger charge is 2.27. The molecule has 1 aliphatic rings. The van der Waals surface area contributed by atoms with Gasteiger partial charge in [0, 0.05) is 25.9 Å². The van der Waals surface area contributed by atoms with Crippen LogP contribution in [0.4, 0.5) is 0 Å². The molecule has 1 N–H and O–H groups in total. The average Bonchev–Trinajstić information content (AvgIpc) is 2.60. The molecule has 1 amide bonds. The van der Waals surface area contributed by atoms with Crippen LogP contribution in [0.3, 0.4) is 0 Å². The van der Waals surface area contributed by atoms with E-state index in [4.69, 9.17) is 9.47 Å². The third-order valence-corrected chi connectivity index (χ3v) is 4.64. The van der Waals surface area contributed by atoms with Gasteiger partial charge in [0.1, 0.15) is 12.2 Å². The number of ether oxygens (including phenoxy) is 2. The van der Waals surface area contributed by atoms with E-state index >= 15 is 0 Å². The highest BCUT2D eigenvalue weighted by atomic mass is 32.2. The summed E-state index contributed by atoms with van der Waals surface area (Å²) in [6.45, 7) is 1.24. The molecule has 2 rings (SSSR count). The molecular weight excluding hydrogens is 314 g/mol. The van der Waals surface area contributed by atoms with Gasteiger partial charge in [0.05, 0.1) is 7.11 Å². The number of likely N-dealkylation sites (tertiary alicyclic amines) is 1. The molecule has 6 heteroatoms. The lowest BCUT2D eigenvalue weighted by atomic mass is 10.1. The summed E-state index contributed by atoms with van der Waals surface area (Å²) in [5.41, 5.74) is 0. The summed E-state index contributed by atoms with van der Waals surface area (Å²) < 4.78 is 11.3. The number of carbonyl (C=O) groups is 1. The van der Waals surface area contributed by atoms with E-state index in [1.165, 1.54) is 0 Å². The molecule has 128 valence electrons. The van der Waals surface area contributed by atoms with Crippen LogP contribution in [0.1, 0.15) is 19.3 Å². The molecule has 0 aliphatic carbocycles. The Kier molecular flexibility index (Phi) is 7.05. The Hall–Kier alpha value is -1.40. The fourth-order valence-electron chi connectivity index (χ4n) is 2.65. The zero-order valence-corrected chi connectivity index (χ0v) is 14.6. The predicted molar refractivity (Wildman–Crippen MR) is 92.2 cm³/mol. The second-order valence-corrected chi connectivity index (χ2v) is 6.58. The minimum Gasteiger partial charge on any atom is -0.493 e. The number of aliphatic hydroxyl groups excluding tert-OH is 1. The minimum atomic E-state index is -0.880. The topological polar surface area (TPSA) is 59.0 Å². The lowest BCUT2D eigenvalue weighted by Crippen LogP contribution is -2.46. The molecule has 0 bridgehead atoms. The maximum Gasteiger partial charge on any atom is 0.251 e. The van der Waals surface area contributed by atoms with E-state index in [0.717, 1.165) is 30.1 Å². The third-order valence-electron chi connectivity index (χ3n) is 4.00. The summed E-state index contributed by atoms with van der Waals surface area (Å²) >= 11 is 1.64. The number of nitrogens with zero attached hydrogens (tertiary/aromatic N) is 1. The van der Waals surface area contributed by atoms with Crippen LogP contribution >= 0.6 is 11.8 Å². The van der Waals surface area contributed by atoms with Crippen molar-refractivity contribution >= 4 is 17.7 Å². The molecule has 1 atom stereocenters. The smallest absolute Gasteiger partial charge is 0.251 e. The normalized spacial score (nSPS) is 16.9. The molecule has 1 unspecified atom stereocenters. The van der Waals surface area contributed by atoms with Crippen molar-refractivity contribution in [3.63, 3.8) is 0 Å². The number of rotatable bonds is 7. The maximum atomic E-state index is 12.2. The van der Waals surface area contributed by atoms with Gasteiger partial charge in [-0.05, 0) is 30.6 Å². The van der Waals surface area contributed by atoms with Crippen molar-refractivity contribution in [2.75, 3.05) is 32.2 Å². The summed E-state index contributed by atoms with van der Waals surface area (Å²) in [6, 6.07) is 7.58. The molecule has 1 saturated heterocycles. The number of amides is 1. The molecule has 0 spiro atoms. The van der Waals surface area contributed by atoms with E-state index in [1.807, 2.05) is 30.5 Å². The maximum absolute atomic E-state index is 12.2. The number of aliphatic hydroxyl groups is 1. The summed E-state index contributed by atoms with van der Waals surface area (Å²) in [5, 5.41) is 9.92. The zero-order chi connectivity index (χ0) is 16.7. The zero-order valence-electron chi connectivity index (χ0n) is 13.7. The first-order valence-corrected chi connectivity index (χ1v) is 9.30. The second-order valence-electron chi connectivity index (χ2n) is 5.59. The molecule has 0 saturated carbocycles. The van der Waals surface area contributed by atoms with Gasteiger partial charge >= 0.3 is 0 Å². The number of thioether (sulfide) groups is 1. The van der Waals surface area contributed by atoms with Gasteiger partial charge in [-0.3, -0.25) is 4.79 Å². The highest BCUT2D eigenvalue weighted by Crippen LogP contribution is 2.29. The first-order valence-electron chi connectivity index (χ1n) is 7.91. The van der Waals surface area contributed by atoms with Crippen LogP contribution < -0.4 is 9.47 Å². The van der Waals surface area contributed by atoms with Crippen LogP contribution in [0.5, 0.6) is 11.5 Å². The van der Waals surface area contributed by atoms with Crippen LogP contribution in [0.2, 0.25) is 0 Å². The van der Waals surface area contributed by atoms with Crippen LogP contribution in [0.25, 0.3) is 0 Å². The van der Waals surface area contributed by atoms with Gasteiger partial charge in [-0.15, -0.1) is 0 Å². The van der Waals surface area contributed by atoms with Crippen molar-refractivity contribution in [3.8, 4) is 11.5 Å². The first kappa shape index (κ1) is 17.9. The van der Waals surface area contributed by atoms with E-state index in [1.54, 1.807) is 23.8 Å². The molecule has 1 fully saturated rings. The summed E-state index contributed by atoms with van der Waals surface area (Å²) in [7, 11) is 1.62. The number of benzene rings is 1. The monoisotopic (exact) mass is 339 g/mol. The Bertz CT molecular complexity index is 503. The Balaban J connectivity index is 1.83. The van der Waals surface area contributed by atoms with Crippen LogP contribution in [-0.4, -0.2) is 60.3 Å². The number of hydrogen-bond donors (Lipinski definition) is 1. The molecule has 0 aromatic heterocycles. The highest BCUT2D eigenvalue weighted by molar-refractivity contribution is 7.98. The van der Waals surface area contributed by atoms with E-state index in [9.17, 15) is 9.90 Å². The van der Waals surface area contributed by atoms with E-state index in [0.29, 0.717) is 19.5 Å². The van der Waals surface area contributed by atoms with Crippen molar-refractivity contribution in [1.82, 2.24) is 4.90 Å². The Morgan fingerprint density at radius 1 is 1.35 bits per heavy atom. The van der Waals surface area contributed by atoms with Crippen LogP contribution in [-0.2, 0) is 4.79 Å². The fraction of sp³-hybridized carbons (Fsp3) is 0.588. The van der Waals surface area contributed by atoms with Crippen molar-refractivity contribution < 1.29 is 19.4 Å². The van der Waals surface area contributed by atoms with Gasteiger partial charge in [-0.25, -0.2) is 0 Å². The predicted octanol–water partition coefficient (Wildman–Crippen LogP) is 2.18. The van der Waals surface area contributed by atoms with Gasteiger partial charge in [0.25, 0.3) is 5.91 Å². The van der Waals surface area contributed by atoms with E-state index in [2.05, 4.69) is 0 Å². The Labute approximate surface area is 142 Å². The first-order chi connectivity index (χ1) is 11.2. The lowest BCUT2D eigenvalue weighted by molar-refractivity contribution is -0.142. The number of piperidine rings is 1. The van der Waals surface area contributed by atoms with Gasteiger partial charge in [-0.2, -0.15) is 11.8 Å². The number of hydrogen-bond acceptors (Lipinski definition) is 5. The standard InChI is InChI=1S/C17H25NO4S/c1-21-15-5-3-4-6-16(15)22-13-7-10-18(11-8-13)17(20)14(19)9-12-23-2/h3-6,13-14,19H,7-12H2,1-2H3. The quantitative estimate of drug-likeness (QED) is 0.825. The largest absolute Gasteiger partial charge is 0.493 e. The molecule has 5 nitrogen and oxygen atoms in total. The minimum absolute atomic E-state index is 0.0682. The summed E-state index contributed by atoms with van der Waals surface area (Å²) in [4.78, 5) is 13.9. The Morgan fingerprint density at radius 2 is 2.00 bits per heavy atom. The summed E-state index contributed by atoms with van der Waals surface area (Å²) in [6.07, 6.45) is 3.20. The molecular formula is C17H25NO4S. The lowest BCUT2D eigenvalue weighted by Gasteiger charge is -2.33.